The van der Waals surface area contributed by atoms with Crippen molar-refractivity contribution in [3.8, 4) is 0 Å². The van der Waals surface area contributed by atoms with E-state index in [1.165, 1.54) is 0 Å². The van der Waals surface area contributed by atoms with Crippen LogP contribution >= 0.6 is 23.7 Å². The van der Waals surface area contributed by atoms with Crippen LogP contribution in [-0.2, 0) is 4.74 Å². The number of piperidine rings is 1. The summed E-state index contributed by atoms with van der Waals surface area (Å²) < 4.78 is 5.94. The molecular formula is C10H17ClN2OS. The lowest BCUT2D eigenvalue weighted by molar-refractivity contribution is -0.0187. The molecule has 1 N–H and O–H groups in total. The molecule has 2 rings (SSSR count). The average molecular weight is 249 g/mol. The van der Waals surface area contributed by atoms with E-state index < -0.39 is 0 Å². The third-order valence-electron chi connectivity index (χ3n) is 2.48. The molecule has 1 atom stereocenters. The molecule has 1 unspecified atom stereocenters. The molecule has 0 bridgehead atoms. The Labute approximate surface area is 101 Å². The van der Waals surface area contributed by atoms with Crippen molar-refractivity contribution >= 4 is 23.7 Å². The minimum Gasteiger partial charge on any atom is -0.368 e. The molecule has 0 aromatic carbocycles. The summed E-state index contributed by atoms with van der Waals surface area (Å²) in [4.78, 5) is 4.26. The van der Waals surface area contributed by atoms with E-state index in [2.05, 4.69) is 17.2 Å². The molecule has 0 saturated carbocycles. The standard InChI is InChI=1S/C10H16N2OS.ClH/c1-8(10-12-6-7-14-10)13-9-2-4-11-5-3-9;/h6-9,11H,2-5H2,1H3;1H. The SMILES string of the molecule is CC(OC1CCNCC1)c1nccs1.Cl. The second kappa shape index (κ2) is 6.43. The minimum atomic E-state index is 0. The Morgan fingerprint density at radius 3 is 2.87 bits per heavy atom. The molecule has 86 valence electrons. The van der Waals surface area contributed by atoms with E-state index in [0.717, 1.165) is 30.9 Å². The molecule has 1 saturated heterocycles. The molecule has 0 radical (unpaired) electrons. The van der Waals surface area contributed by atoms with E-state index in [1.54, 1.807) is 11.3 Å². The summed E-state index contributed by atoms with van der Waals surface area (Å²) in [6.07, 6.45) is 4.64. The quantitative estimate of drug-likeness (QED) is 0.892. The van der Waals surface area contributed by atoms with Crippen molar-refractivity contribution in [2.45, 2.75) is 32.0 Å². The third-order valence-corrected chi connectivity index (χ3v) is 3.42. The molecule has 3 nitrogen and oxygen atoms in total. The Bertz CT molecular complexity index is 262. The maximum Gasteiger partial charge on any atom is 0.121 e. The third kappa shape index (κ3) is 3.72. The summed E-state index contributed by atoms with van der Waals surface area (Å²) in [6.45, 7) is 4.24. The van der Waals surface area contributed by atoms with Crippen molar-refractivity contribution in [1.29, 1.82) is 0 Å². The number of thiazole rings is 1. The van der Waals surface area contributed by atoms with Crippen LogP contribution in [0, 0.1) is 0 Å². The van der Waals surface area contributed by atoms with Crippen molar-refractivity contribution in [1.82, 2.24) is 10.3 Å². The summed E-state index contributed by atoms with van der Waals surface area (Å²) in [5, 5.41) is 6.41. The molecule has 1 aliphatic heterocycles. The second-order valence-corrected chi connectivity index (χ2v) is 4.52. The zero-order valence-corrected chi connectivity index (χ0v) is 10.4. The van der Waals surface area contributed by atoms with Crippen LogP contribution in [0.25, 0.3) is 0 Å². The summed E-state index contributed by atoms with van der Waals surface area (Å²) in [7, 11) is 0. The van der Waals surface area contributed by atoms with Crippen LogP contribution in [0.3, 0.4) is 0 Å². The summed E-state index contributed by atoms with van der Waals surface area (Å²) in [5.74, 6) is 0. The second-order valence-electron chi connectivity index (χ2n) is 3.60. The van der Waals surface area contributed by atoms with Crippen molar-refractivity contribution in [2.24, 2.45) is 0 Å². The number of nitrogens with one attached hydrogen (secondary N) is 1. The van der Waals surface area contributed by atoms with Gasteiger partial charge in [-0.25, -0.2) is 4.98 Å². The maximum atomic E-state index is 5.94. The number of hydrogen-bond donors (Lipinski definition) is 1. The molecule has 1 aliphatic rings. The number of halogens is 1. The predicted molar refractivity (Wildman–Crippen MR) is 64.8 cm³/mol. The zero-order valence-electron chi connectivity index (χ0n) is 8.81. The van der Waals surface area contributed by atoms with Crippen LogP contribution in [0.2, 0.25) is 0 Å². The van der Waals surface area contributed by atoms with Gasteiger partial charge in [0.05, 0.1) is 6.10 Å². The van der Waals surface area contributed by atoms with Crippen molar-refractivity contribution in [2.75, 3.05) is 13.1 Å². The van der Waals surface area contributed by atoms with Gasteiger partial charge in [-0.2, -0.15) is 0 Å². The van der Waals surface area contributed by atoms with Gasteiger partial charge in [-0.1, -0.05) is 0 Å². The van der Waals surface area contributed by atoms with Gasteiger partial charge in [0, 0.05) is 11.6 Å². The Hall–Kier alpha value is -0.160. The highest BCUT2D eigenvalue weighted by atomic mass is 35.5. The van der Waals surface area contributed by atoms with Gasteiger partial charge in [0.25, 0.3) is 0 Å². The highest BCUT2D eigenvalue weighted by molar-refractivity contribution is 7.09. The fourth-order valence-corrected chi connectivity index (χ4v) is 2.34. The number of rotatable bonds is 3. The van der Waals surface area contributed by atoms with Crippen molar-refractivity contribution in [3.63, 3.8) is 0 Å². The van der Waals surface area contributed by atoms with Gasteiger partial charge in [0.15, 0.2) is 0 Å². The van der Waals surface area contributed by atoms with Crippen molar-refractivity contribution in [3.05, 3.63) is 16.6 Å². The molecule has 0 aliphatic carbocycles. The van der Waals surface area contributed by atoms with Gasteiger partial charge in [-0.3, -0.25) is 0 Å². The summed E-state index contributed by atoms with van der Waals surface area (Å²) >= 11 is 1.67. The molecule has 5 heteroatoms. The molecule has 2 heterocycles. The number of nitrogens with zero attached hydrogens (tertiary/aromatic N) is 1. The Balaban J connectivity index is 0.00000112. The van der Waals surface area contributed by atoms with E-state index in [0.29, 0.717) is 6.10 Å². The van der Waals surface area contributed by atoms with Crippen LogP contribution in [0.15, 0.2) is 11.6 Å². The molecule has 1 aromatic rings. The average Bonchev–Trinajstić information content (AvgIpc) is 2.72. The molecule has 1 aromatic heterocycles. The highest BCUT2D eigenvalue weighted by Crippen LogP contribution is 2.23. The number of aromatic nitrogens is 1. The molecule has 0 spiro atoms. The molecule has 1 fully saturated rings. The summed E-state index contributed by atoms with van der Waals surface area (Å²) in [5.41, 5.74) is 0. The monoisotopic (exact) mass is 248 g/mol. The van der Waals surface area contributed by atoms with Gasteiger partial charge < -0.3 is 10.1 Å². The predicted octanol–water partition coefficient (Wildman–Crippen LogP) is 2.39. The van der Waals surface area contributed by atoms with E-state index in [1.807, 2.05) is 11.6 Å². The minimum absolute atomic E-state index is 0. The van der Waals surface area contributed by atoms with Gasteiger partial charge >= 0.3 is 0 Å². The smallest absolute Gasteiger partial charge is 0.121 e. The van der Waals surface area contributed by atoms with E-state index in [-0.39, 0.29) is 18.5 Å². The molecule has 15 heavy (non-hydrogen) atoms. The van der Waals surface area contributed by atoms with Crippen LogP contribution in [0.1, 0.15) is 30.9 Å². The van der Waals surface area contributed by atoms with Crippen LogP contribution < -0.4 is 5.32 Å². The van der Waals surface area contributed by atoms with Gasteiger partial charge in [-0.05, 0) is 32.9 Å². The number of ether oxygens (including phenoxy) is 1. The lowest BCUT2D eigenvalue weighted by atomic mass is 10.1. The highest BCUT2D eigenvalue weighted by Gasteiger charge is 2.18. The largest absolute Gasteiger partial charge is 0.368 e. The Morgan fingerprint density at radius 2 is 2.27 bits per heavy atom. The van der Waals surface area contributed by atoms with Crippen LogP contribution in [-0.4, -0.2) is 24.2 Å². The first-order chi connectivity index (χ1) is 6.86. The fraction of sp³-hybridized carbons (Fsp3) is 0.700. The van der Waals surface area contributed by atoms with E-state index in [9.17, 15) is 0 Å². The Kier molecular flexibility index (Phi) is 5.53. The van der Waals surface area contributed by atoms with Crippen molar-refractivity contribution < 1.29 is 4.74 Å². The Morgan fingerprint density at radius 1 is 1.53 bits per heavy atom. The first kappa shape index (κ1) is 12.9. The zero-order chi connectivity index (χ0) is 9.80. The lowest BCUT2D eigenvalue weighted by Crippen LogP contribution is -2.32. The van der Waals surface area contributed by atoms with E-state index in [4.69, 9.17) is 4.74 Å². The maximum absolute atomic E-state index is 5.94. The van der Waals surface area contributed by atoms with Crippen LogP contribution in [0.5, 0.6) is 0 Å². The fourth-order valence-electron chi connectivity index (χ4n) is 1.71. The van der Waals surface area contributed by atoms with Gasteiger partial charge in [0.1, 0.15) is 11.1 Å². The van der Waals surface area contributed by atoms with E-state index >= 15 is 0 Å². The topological polar surface area (TPSA) is 34.1 Å². The number of hydrogen-bond acceptors (Lipinski definition) is 4. The van der Waals surface area contributed by atoms with Gasteiger partial charge in [0.2, 0.25) is 0 Å². The molecular weight excluding hydrogens is 232 g/mol. The lowest BCUT2D eigenvalue weighted by Gasteiger charge is -2.25. The normalized spacial score (nSPS) is 19.5. The van der Waals surface area contributed by atoms with Gasteiger partial charge in [-0.15, -0.1) is 23.7 Å². The molecule has 0 amide bonds. The first-order valence-electron chi connectivity index (χ1n) is 5.12. The first-order valence-corrected chi connectivity index (χ1v) is 6.00. The summed E-state index contributed by atoms with van der Waals surface area (Å²) in [6, 6.07) is 0. The van der Waals surface area contributed by atoms with Crippen LogP contribution in [0.4, 0.5) is 0 Å².